The van der Waals surface area contributed by atoms with Crippen molar-refractivity contribution in [3.63, 3.8) is 0 Å². The zero-order valence-corrected chi connectivity index (χ0v) is 18.6. The molecule has 2 aromatic carbocycles. The maximum Gasteiger partial charge on any atom is 0.139 e. The highest BCUT2D eigenvalue weighted by Crippen LogP contribution is 2.29. The predicted molar refractivity (Wildman–Crippen MR) is 122 cm³/mol. The second kappa shape index (κ2) is 8.86. The molecule has 0 amide bonds. The number of aryl methyl sites for hydroxylation is 1. The number of aromatic nitrogens is 5. The summed E-state index contributed by atoms with van der Waals surface area (Å²) in [5.74, 6) is -1.02. The smallest absolute Gasteiger partial charge is 0.139 e. The molecule has 0 aliphatic heterocycles. The molecule has 1 atom stereocenters. The number of hydrogen-bond donors (Lipinski definition) is 1. The predicted octanol–water partition coefficient (Wildman–Crippen LogP) is 3.65. The first-order chi connectivity index (χ1) is 16.4. The normalized spacial score (nSPS) is 12.4. The van der Waals surface area contributed by atoms with Gasteiger partial charge in [0.15, 0.2) is 0 Å². The first-order valence-electron chi connectivity index (χ1n) is 10.1. The first kappa shape index (κ1) is 22.0. The second-order valence-electron chi connectivity index (χ2n) is 7.61. The summed E-state index contributed by atoms with van der Waals surface area (Å²) in [6.45, 7) is -0.0997. The minimum Gasteiger partial charge on any atom is -0.760 e. The molecule has 3 heterocycles. The number of imidazole rings is 1. The molecule has 11 heteroatoms. The van der Waals surface area contributed by atoms with Gasteiger partial charge in [0.2, 0.25) is 0 Å². The third-order valence-electron chi connectivity index (χ3n) is 5.31. The lowest BCUT2D eigenvalue weighted by Gasteiger charge is -2.13. The van der Waals surface area contributed by atoms with E-state index in [1.54, 1.807) is 33.9 Å². The quantitative estimate of drug-likeness (QED) is 0.375. The number of rotatable bonds is 6. The largest absolute Gasteiger partial charge is 0.760 e. The molecule has 5 aromatic rings. The van der Waals surface area contributed by atoms with Gasteiger partial charge in [-0.05, 0) is 47.5 Å². The summed E-state index contributed by atoms with van der Waals surface area (Å²) in [4.78, 5) is 9.01. The third-order valence-corrected chi connectivity index (χ3v) is 5.69. The molecule has 0 spiro atoms. The van der Waals surface area contributed by atoms with E-state index in [2.05, 4.69) is 19.8 Å². The maximum absolute atomic E-state index is 14.5. The van der Waals surface area contributed by atoms with E-state index in [1.165, 1.54) is 6.07 Å². The Labute approximate surface area is 195 Å². The lowest BCUT2D eigenvalue weighted by Crippen LogP contribution is -2.17. The molecule has 0 saturated carbocycles. The van der Waals surface area contributed by atoms with Crippen LogP contribution in [-0.4, -0.2) is 33.1 Å². The fourth-order valence-electron chi connectivity index (χ4n) is 3.74. The van der Waals surface area contributed by atoms with E-state index in [0.717, 1.165) is 28.8 Å². The SMILES string of the molecule is Cn1cc(-c2ccc3c(c2)ncn3-c2cc(-c3ccc(F)cc3F)cc(CNS(=O)[O-])n2)cn1. The average molecular weight is 479 g/mol. The molecule has 0 aliphatic rings. The minimum absolute atomic E-state index is 0.0997. The third kappa shape index (κ3) is 4.36. The minimum atomic E-state index is -2.50. The van der Waals surface area contributed by atoms with Gasteiger partial charge in [-0.3, -0.25) is 13.5 Å². The summed E-state index contributed by atoms with van der Waals surface area (Å²) in [6.07, 6.45) is 5.26. The molecule has 0 aliphatic carbocycles. The van der Waals surface area contributed by atoms with Gasteiger partial charge in [0.1, 0.15) is 23.8 Å². The van der Waals surface area contributed by atoms with Crippen LogP contribution in [0, 0.1) is 11.6 Å². The van der Waals surface area contributed by atoms with Gasteiger partial charge in [-0.25, -0.2) is 23.5 Å². The van der Waals surface area contributed by atoms with Crippen molar-refractivity contribution in [3.05, 3.63) is 84.6 Å². The Kier molecular flexibility index (Phi) is 5.74. The molecule has 8 nitrogen and oxygen atoms in total. The van der Waals surface area contributed by atoms with Gasteiger partial charge in [-0.1, -0.05) is 6.07 Å². The van der Waals surface area contributed by atoms with E-state index in [-0.39, 0.29) is 12.1 Å². The van der Waals surface area contributed by atoms with Crippen LogP contribution in [-0.2, 0) is 24.9 Å². The maximum atomic E-state index is 14.5. The Morgan fingerprint density at radius 3 is 2.65 bits per heavy atom. The van der Waals surface area contributed by atoms with Crippen LogP contribution in [0.4, 0.5) is 8.78 Å². The monoisotopic (exact) mass is 479 g/mol. The van der Waals surface area contributed by atoms with Crippen molar-refractivity contribution in [1.29, 1.82) is 0 Å². The van der Waals surface area contributed by atoms with Crippen LogP contribution < -0.4 is 4.72 Å². The Morgan fingerprint density at radius 2 is 1.91 bits per heavy atom. The van der Waals surface area contributed by atoms with Crippen molar-refractivity contribution < 1.29 is 17.5 Å². The molecule has 0 radical (unpaired) electrons. The summed E-state index contributed by atoms with van der Waals surface area (Å²) < 4.78 is 55.7. The molecule has 0 bridgehead atoms. The Morgan fingerprint density at radius 1 is 1.06 bits per heavy atom. The van der Waals surface area contributed by atoms with Gasteiger partial charge in [0, 0.05) is 48.2 Å². The van der Waals surface area contributed by atoms with Gasteiger partial charge >= 0.3 is 0 Å². The lowest BCUT2D eigenvalue weighted by atomic mass is 10.0. The van der Waals surface area contributed by atoms with E-state index in [4.69, 9.17) is 0 Å². The zero-order valence-electron chi connectivity index (χ0n) is 17.8. The number of nitrogens with one attached hydrogen (secondary N) is 1. The van der Waals surface area contributed by atoms with Gasteiger partial charge in [-0.15, -0.1) is 0 Å². The van der Waals surface area contributed by atoms with Crippen molar-refractivity contribution in [1.82, 2.24) is 29.0 Å². The number of fused-ring (bicyclic) bond motifs is 1. The van der Waals surface area contributed by atoms with Gasteiger partial charge < -0.3 is 4.55 Å². The van der Waals surface area contributed by atoms with Crippen molar-refractivity contribution in [2.75, 3.05) is 0 Å². The highest BCUT2D eigenvalue weighted by molar-refractivity contribution is 7.77. The van der Waals surface area contributed by atoms with Crippen molar-refractivity contribution in [2.24, 2.45) is 7.05 Å². The van der Waals surface area contributed by atoms with Crippen LogP contribution in [0.25, 0.3) is 39.1 Å². The average Bonchev–Trinajstić information content (AvgIpc) is 3.43. The Bertz CT molecular complexity index is 1550. The van der Waals surface area contributed by atoms with Crippen LogP contribution >= 0.6 is 0 Å². The molecule has 172 valence electrons. The number of benzene rings is 2. The fraction of sp³-hybridized carbons (Fsp3) is 0.0870. The van der Waals surface area contributed by atoms with Gasteiger partial charge in [-0.2, -0.15) is 5.10 Å². The van der Waals surface area contributed by atoms with Crippen LogP contribution in [0.3, 0.4) is 0 Å². The number of pyridine rings is 1. The Balaban J connectivity index is 1.61. The molecule has 1 N–H and O–H groups in total. The summed E-state index contributed by atoms with van der Waals surface area (Å²) >= 11 is -2.50. The van der Waals surface area contributed by atoms with Crippen LogP contribution in [0.1, 0.15) is 5.69 Å². The molecular formula is C23H17F2N6O2S-. The van der Waals surface area contributed by atoms with Gasteiger partial charge in [0.05, 0.1) is 22.9 Å². The highest BCUT2D eigenvalue weighted by Gasteiger charge is 2.14. The van der Waals surface area contributed by atoms with Gasteiger partial charge in [0.25, 0.3) is 0 Å². The number of hydrogen-bond acceptors (Lipinski definition) is 5. The molecule has 0 saturated heterocycles. The lowest BCUT2D eigenvalue weighted by molar-refractivity contribution is 0.522. The first-order valence-corrected chi connectivity index (χ1v) is 11.2. The molecular weight excluding hydrogens is 462 g/mol. The van der Waals surface area contributed by atoms with Crippen molar-refractivity contribution in [3.8, 4) is 28.1 Å². The number of nitrogens with zero attached hydrogens (tertiary/aromatic N) is 5. The number of halogens is 2. The van der Waals surface area contributed by atoms with Crippen LogP contribution in [0.15, 0.2) is 67.3 Å². The highest BCUT2D eigenvalue weighted by atomic mass is 32.2. The molecule has 5 rings (SSSR count). The summed E-state index contributed by atoms with van der Waals surface area (Å²) in [5.41, 5.74) is 4.30. The van der Waals surface area contributed by atoms with Crippen LogP contribution in [0.5, 0.6) is 0 Å². The van der Waals surface area contributed by atoms with Crippen molar-refractivity contribution in [2.45, 2.75) is 6.54 Å². The van der Waals surface area contributed by atoms with E-state index in [0.29, 0.717) is 22.6 Å². The van der Waals surface area contributed by atoms with E-state index in [1.807, 2.05) is 31.4 Å². The van der Waals surface area contributed by atoms with E-state index in [9.17, 15) is 17.5 Å². The summed E-state index contributed by atoms with van der Waals surface area (Å²) in [7, 11) is 1.84. The van der Waals surface area contributed by atoms with Crippen LogP contribution in [0.2, 0.25) is 0 Å². The van der Waals surface area contributed by atoms with Crippen molar-refractivity contribution >= 4 is 22.3 Å². The zero-order chi connectivity index (χ0) is 23.8. The molecule has 1 unspecified atom stereocenters. The van der Waals surface area contributed by atoms with E-state index >= 15 is 0 Å². The topological polar surface area (TPSA) is 101 Å². The second-order valence-corrected chi connectivity index (χ2v) is 8.36. The molecule has 0 fully saturated rings. The fourth-order valence-corrected chi connectivity index (χ4v) is 4.01. The summed E-state index contributed by atoms with van der Waals surface area (Å²) in [5, 5.41) is 4.19. The Hall–Kier alpha value is -3.80. The molecule has 34 heavy (non-hydrogen) atoms. The molecule has 3 aromatic heterocycles. The standard InChI is InChI=1S/C23H18F2N6O2S/c1-30-12-16(10-27-30)14-2-5-22-21(7-14)26-13-31(22)23-8-15(6-18(29-23)11-28-34(32)33)19-4-3-17(24)9-20(19)25/h2-10,12-13,28H,11H2,1H3,(H,32,33)/p-1. The summed E-state index contributed by atoms with van der Waals surface area (Å²) in [6, 6.07) is 12.2. The van der Waals surface area contributed by atoms with E-state index < -0.39 is 22.9 Å².